The van der Waals surface area contributed by atoms with E-state index < -0.39 is 20.2 Å². The molecule has 0 heterocycles. The number of carboxylic acid groups (broad SMARTS) is 2. The van der Waals surface area contributed by atoms with Gasteiger partial charge in [0.15, 0.2) is 0 Å². The van der Waals surface area contributed by atoms with Crippen molar-refractivity contribution in [3.05, 3.63) is 0 Å². The highest BCUT2D eigenvalue weighted by atomic mass is 31.1. The van der Waals surface area contributed by atoms with Crippen LogP contribution < -0.4 is 0 Å². The molecule has 0 atom stereocenters. The summed E-state index contributed by atoms with van der Waals surface area (Å²) >= 11 is 0. The summed E-state index contributed by atoms with van der Waals surface area (Å²) in [7, 11) is -2.87. The van der Waals surface area contributed by atoms with E-state index in [-0.39, 0.29) is 12.8 Å². The normalized spacial score (nSPS) is 8.43. The van der Waals surface area contributed by atoms with E-state index in [2.05, 4.69) is 0 Å². The van der Waals surface area contributed by atoms with Gasteiger partial charge in [0.1, 0.15) is 0 Å². The summed E-state index contributed by atoms with van der Waals surface area (Å²) in [5.74, 6) is -1.74. The molecule has 0 saturated carbocycles. The lowest BCUT2D eigenvalue weighted by atomic mass is 10.2. The highest BCUT2D eigenvalue weighted by molar-refractivity contribution is 7.30. The van der Waals surface area contributed by atoms with Crippen LogP contribution >= 0.6 is 8.25 Å². The van der Waals surface area contributed by atoms with Crippen LogP contribution in [0.3, 0.4) is 0 Å². The number of unbranched alkanes of at least 4 members (excludes halogenated alkanes) is 1. The van der Waals surface area contributed by atoms with E-state index in [4.69, 9.17) is 24.6 Å². The molecule has 0 aliphatic heterocycles. The fraction of sp³-hybridized carbons (Fsp3) is 0.667. The Morgan fingerprint density at radius 2 is 1.14 bits per heavy atom. The number of hydrogen-bond acceptors (Lipinski definition) is 3. The topological polar surface area (TPSA) is 132 Å². The van der Waals surface area contributed by atoms with Crippen molar-refractivity contribution in [2.75, 3.05) is 0 Å². The van der Waals surface area contributed by atoms with E-state index in [1.165, 1.54) is 0 Å². The minimum Gasteiger partial charge on any atom is -0.481 e. The fourth-order valence-electron chi connectivity index (χ4n) is 0.552. The van der Waals surface area contributed by atoms with Gasteiger partial charge in [-0.15, -0.1) is 9.79 Å². The molecule has 0 fully saturated rings. The van der Waals surface area contributed by atoms with E-state index in [0.29, 0.717) is 12.8 Å². The lowest BCUT2D eigenvalue weighted by Crippen LogP contribution is -1.97. The summed E-state index contributed by atoms with van der Waals surface area (Å²) in [6.45, 7) is 0. The molecule has 0 unspecified atom stereocenters. The molecule has 0 amide bonds. The van der Waals surface area contributed by atoms with Crippen LogP contribution in [0.25, 0.3) is 0 Å². The van der Waals surface area contributed by atoms with Crippen molar-refractivity contribution in [2.24, 2.45) is 0 Å². The molecule has 14 heavy (non-hydrogen) atoms. The molecule has 4 N–H and O–H groups in total. The average molecular weight is 227 g/mol. The maximum atomic E-state index is 9.90. The molecule has 0 saturated heterocycles. The molecule has 0 aliphatic carbocycles. The Bertz CT molecular complexity index is 182. The van der Waals surface area contributed by atoms with Crippen LogP contribution in [-0.4, -0.2) is 31.9 Å². The molecular formula is C6H12O7P+. The predicted octanol–water partition coefficient (Wildman–Crippen LogP) is 0.344. The number of aliphatic carboxylic acids is 2. The van der Waals surface area contributed by atoms with Gasteiger partial charge in [-0.25, -0.2) is 0 Å². The van der Waals surface area contributed by atoms with Gasteiger partial charge in [-0.1, -0.05) is 0 Å². The van der Waals surface area contributed by atoms with Crippen molar-refractivity contribution in [3.63, 3.8) is 0 Å². The van der Waals surface area contributed by atoms with E-state index >= 15 is 0 Å². The Morgan fingerprint density at radius 1 is 0.929 bits per heavy atom. The molecule has 0 bridgehead atoms. The lowest BCUT2D eigenvalue weighted by Gasteiger charge is -1.92. The highest BCUT2D eigenvalue weighted by Crippen LogP contribution is 1.99. The highest BCUT2D eigenvalue weighted by Gasteiger charge is 1.99. The zero-order valence-corrected chi connectivity index (χ0v) is 8.18. The minimum absolute atomic E-state index is 0.0628. The maximum Gasteiger partial charge on any atom is 0.692 e. The molecule has 0 radical (unpaired) electrons. The third kappa shape index (κ3) is 30.6. The van der Waals surface area contributed by atoms with Crippen LogP contribution in [0, 0.1) is 0 Å². The van der Waals surface area contributed by atoms with Crippen molar-refractivity contribution >= 4 is 20.2 Å². The van der Waals surface area contributed by atoms with Gasteiger partial charge in [-0.3, -0.25) is 9.59 Å². The Kier molecular flexibility index (Phi) is 11.1. The fourth-order valence-corrected chi connectivity index (χ4v) is 0.552. The smallest absolute Gasteiger partial charge is 0.481 e. The van der Waals surface area contributed by atoms with Crippen LogP contribution in [0.2, 0.25) is 0 Å². The molecule has 7 nitrogen and oxygen atoms in total. The van der Waals surface area contributed by atoms with Gasteiger partial charge < -0.3 is 10.2 Å². The van der Waals surface area contributed by atoms with Gasteiger partial charge >= 0.3 is 20.2 Å². The minimum atomic E-state index is -2.87. The van der Waals surface area contributed by atoms with Gasteiger partial charge in [-0.05, 0) is 12.8 Å². The van der Waals surface area contributed by atoms with Crippen molar-refractivity contribution in [1.29, 1.82) is 0 Å². The van der Waals surface area contributed by atoms with Crippen LogP contribution in [-0.2, 0) is 14.2 Å². The van der Waals surface area contributed by atoms with Crippen molar-refractivity contribution in [1.82, 2.24) is 0 Å². The number of carboxylic acids is 2. The zero-order valence-electron chi connectivity index (χ0n) is 7.29. The Labute approximate surface area is 80.9 Å². The first-order valence-corrected chi connectivity index (χ1v) is 4.81. The second-order valence-corrected chi connectivity index (χ2v) is 2.75. The largest absolute Gasteiger partial charge is 0.692 e. The molecule has 0 aromatic rings. The van der Waals surface area contributed by atoms with E-state index in [9.17, 15) is 9.59 Å². The molecule has 0 aromatic heterocycles. The van der Waals surface area contributed by atoms with Crippen molar-refractivity contribution in [3.8, 4) is 0 Å². The zero-order chi connectivity index (χ0) is 11.6. The summed E-state index contributed by atoms with van der Waals surface area (Å²) in [6.07, 6.45) is 1.02. The third-order valence-corrected chi connectivity index (χ3v) is 1.03. The van der Waals surface area contributed by atoms with Gasteiger partial charge in [0.25, 0.3) is 0 Å². The van der Waals surface area contributed by atoms with E-state index in [0.717, 1.165) is 0 Å². The Morgan fingerprint density at radius 3 is 1.29 bits per heavy atom. The summed E-state index contributed by atoms with van der Waals surface area (Å²) in [5, 5.41) is 16.3. The molecular weight excluding hydrogens is 215 g/mol. The quantitative estimate of drug-likeness (QED) is 0.393. The summed E-state index contributed by atoms with van der Waals surface area (Å²) < 4.78 is 8.70. The molecule has 0 spiro atoms. The first-order chi connectivity index (χ1) is 6.36. The lowest BCUT2D eigenvalue weighted by molar-refractivity contribution is -0.139. The number of hydrogen-bond donors (Lipinski definition) is 4. The van der Waals surface area contributed by atoms with Gasteiger partial charge in [-0.2, -0.15) is 0 Å². The average Bonchev–Trinajstić information content (AvgIpc) is 1.96. The standard InChI is InChI=1S/C6H10O4.HO3P/c7-5(8)3-1-2-4-6(9)10;1-4(2)3/h1-4H2,(H,7,8)(H,9,10);(H-,1,2,3)/p+1. The Hall–Kier alpha value is -1.04. The molecule has 8 heteroatoms. The van der Waals surface area contributed by atoms with Crippen LogP contribution in [0.1, 0.15) is 25.7 Å². The van der Waals surface area contributed by atoms with Gasteiger partial charge in [0.05, 0.1) is 0 Å². The van der Waals surface area contributed by atoms with Crippen molar-refractivity contribution < 1.29 is 34.2 Å². The Balaban J connectivity index is 0. The summed E-state index contributed by atoms with van der Waals surface area (Å²) in [5.41, 5.74) is 0. The molecule has 0 rings (SSSR count). The first-order valence-electron chi connectivity index (χ1n) is 3.65. The predicted molar refractivity (Wildman–Crippen MR) is 45.8 cm³/mol. The molecule has 0 aromatic carbocycles. The summed E-state index contributed by atoms with van der Waals surface area (Å²) in [4.78, 5) is 34.0. The number of rotatable bonds is 5. The van der Waals surface area contributed by atoms with Gasteiger partial charge in [0, 0.05) is 17.4 Å². The third-order valence-electron chi connectivity index (χ3n) is 1.03. The second-order valence-electron chi connectivity index (χ2n) is 2.25. The van der Waals surface area contributed by atoms with Gasteiger partial charge in [0.2, 0.25) is 0 Å². The monoisotopic (exact) mass is 227 g/mol. The van der Waals surface area contributed by atoms with E-state index in [1.54, 1.807) is 0 Å². The maximum absolute atomic E-state index is 9.90. The summed E-state index contributed by atoms with van der Waals surface area (Å²) in [6, 6.07) is 0. The van der Waals surface area contributed by atoms with Crippen molar-refractivity contribution in [2.45, 2.75) is 25.7 Å². The molecule has 0 aliphatic rings. The SMILES string of the molecule is O=C(O)CCCCC(=O)O.O=[P+](O)O. The second kappa shape index (κ2) is 10.0. The van der Waals surface area contributed by atoms with Crippen LogP contribution in [0.4, 0.5) is 0 Å². The van der Waals surface area contributed by atoms with E-state index in [1.807, 2.05) is 0 Å². The van der Waals surface area contributed by atoms with Crippen LogP contribution in [0.15, 0.2) is 0 Å². The number of carbonyl (C=O) groups is 2. The molecule has 82 valence electrons. The first kappa shape index (κ1) is 15.4. The van der Waals surface area contributed by atoms with Crippen LogP contribution in [0.5, 0.6) is 0 Å².